The van der Waals surface area contributed by atoms with Crippen LogP contribution in [0.25, 0.3) is 0 Å². The number of aliphatic hydroxyl groups is 1. The van der Waals surface area contributed by atoms with E-state index in [4.69, 9.17) is 4.74 Å². The molecule has 18 heavy (non-hydrogen) atoms. The van der Waals surface area contributed by atoms with Gasteiger partial charge in [0.2, 0.25) is 0 Å². The summed E-state index contributed by atoms with van der Waals surface area (Å²) in [4.78, 5) is 18.0. The fraction of sp³-hybridized carbons (Fsp3) is 0.917. The average Bonchev–Trinajstić information content (AvgIpc) is 2.14. The molecule has 0 radical (unpaired) electrons. The highest BCUT2D eigenvalue weighted by molar-refractivity contribution is 5.68. The highest BCUT2D eigenvalue weighted by atomic mass is 16.7. The van der Waals surface area contributed by atoms with E-state index in [0.29, 0.717) is 0 Å². The molecule has 0 rings (SSSR count). The van der Waals surface area contributed by atoms with Gasteiger partial charge in [-0.1, -0.05) is 13.8 Å². The van der Waals surface area contributed by atoms with Crippen molar-refractivity contribution in [1.82, 2.24) is 10.4 Å². The Bertz CT molecular complexity index is 263. The van der Waals surface area contributed by atoms with Crippen LogP contribution in [0.1, 0.15) is 34.6 Å². The van der Waals surface area contributed by atoms with Crippen LogP contribution in [0.3, 0.4) is 0 Å². The van der Waals surface area contributed by atoms with Crippen molar-refractivity contribution in [2.75, 3.05) is 14.2 Å². The van der Waals surface area contributed by atoms with Crippen molar-refractivity contribution in [2.24, 2.45) is 5.92 Å². The highest BCUT2D eigenvalue weighted by Gasteiger charge is 2.32. The predicted molar refractivity (Wildman–Crippen MR) is 68.8 cm³/mol. The summed E-state index contributed by atoms with van der Waals surface area (Å²) >= 11 is 0. The quantitative estimate of drug-likeness (QED) is 0.578. The number of carbonyl (C=O) groups is 1. The van der Waals surface area contributed by atoms with Gasteiger partial charge in [-0.2, -0.15) is 5.48 Å². The molecule has 2 atom stereocenters. The second-order valence-electron chi connectivity index (χ2n) is 5.59. The molecular formula is C12H26N2O4. The Hall–Kier alpha value is -0.850. The molecule has 1 unspecified atom stereocenters. The second-order valence-corrected chi connectivity index (χ2v) is 5.59. The van der Waals surface area contributed by atoms with Gasteiger partial charge >= 0.3 is 6.09 Å². The van der Waals surface area contributed by atoms with Crippen molar-refractivity contribution in [2.45, 2.75) is 52.5 Å². The van der Waals surface area contributed by atoms with Crippen LogP contribution < -0.4 is 5.48 Å². The topological polar surface area (TPSA) is 71.0 Å². The Balaban J connectivity index is 4.76. The van der Waals surface area contributed by atoms with Crippen molar-refractivity contribution in [3.05, 3.63) is 0 Å². The fourth-order valence-electron chi connectivity index (χ4n) is 1.67. The van der Waals surface area contributed by atoms with Gasteiger partial charge in [-0.05, 0) is 26.7 Å². The fourth-order valence-corrected chi connectivity index (χ4v) is 1.67. The van der Waals surface area contributed by atoms with Crippen LogP contribution in [0.5, 0.6) is 0 Å². The second kappa shape index (κ2) is 6.92. The van der Waals surface area contributed by atoms with Gasteiger partial charge in [0.15, 0.2) is 0 Å². The SMILES string of the molecule is CONC(O)[C@H](C(C)C)N(C)C(=O)OC(C)(C)C. The van der Waals surface area contributed by atoms with Gasteiger partial charge < -0.3 is 19.6 Å². The summed E-state index contributed by atoms with van der Waals surface area (Å²) in [5, 5.41) is 9.91. The molecule has 0 saturated heterocycles. The molecule has 0 aliphatic rings. The van der Waals surface area contributed by atoms with Crippen LogP contribution in [0, 0.1) is 5.92 Å². The summed E-state index contributed by atoms with van der Waals surface area (Å²) in [5.74, 6) is 0.0418. The minimum Gasteiger partial charge on any atom is -0.444 e. The van der Waals surface area contributed by atoms with Gasteiger partial charge in [-0.3, -0.25) is 0 Å². The summed E-state index contributed by atoms with van der Waals surface area (Å²) < 4.78 is 5.27. The number of carbonyl (C=O) groups excluding carboxylic acids is 1. The zero-order chi connectivity index (χ0) is 14.5. The van der Waals surface area contributed by atoms with Crippen LogP contribution in [-0.4, -0.2) is 48.1 Å². The molecule has 0 aromatic heterocycles. The molecule has 0 aliphatic heterocycles. The lowest BCUT2D eigenvalue weighted by atomic mass is 10.0. The van der Waals surface area contributed by atoms with E-state index in [0.717, 1.165) is 0 Å². The minimum absolute atomic E-state index is 0.0418. The largest absolute Gasteiger partial charge is 0.444 e. The van der Waals surface area contributed by atoms with Gasteiger partial charge in [0.1, 0.15) is 11.8 Å². The number of hydrogen-bond acceptors (Lipinski definition) is 5. The monoisotopic (exact) mass is 262 g/mol. The van der Waals surface area contributed by atoms with E-state index in [2.05, 4.69) is 10.3 Å². The molecule has 0 heterocycles. The molecular weight excluding hydrogens is 236 g/mol. The van der Waals surface area contributed by atoms with Gasteiger partial charge in [-0.25, -0.2) is 4.79 Å². The van der Waals surface area contributed by atoms with E-state index >= 15 is 0 Å². The van der Waals surface area contributed by atoms with Crippen LogP contribution in [0.4, 0.5) is 4.79 Å². The maximum atomic E-state index is 11.9. The van der Waals surface area contributed by atoms with E-state index in [1.807, 2.05) is 13.8 Å². The van der Waals surface area contributed by atoms with Crippen LogP contribution in [-0.2, 0) is 9.57 Å². The lowest BCUT2D eigenvalue weighted by molar-refractivity contribution is -0.0821. The standard InChI is InChI=1S/C12H26N2O4/c1-8(2)9(10(15)13-17-7)14(6)11(16)18-12(3,4)5/h8-10,13,15H,1-7H3/t9-,10?/m0/s1. The number of rotatable bonds is 5. The Kier molecular flexibility index (Phi) is 6.59. The smallest absolute Gasteiger partial charge is 0.410 e. The Morgan fingerprint density at radius 2 is 1.83 bits per heavy atom. The van der Waals surface area contributed by atoms with Crippen molar-refractivity contribution in [1.29, 1.82) is 0 Å². The molecule has 0 saturated carbocycles. The third-order valence-electron chi connectivity index (χ3n) is 2.37. The molecule has 1 amide bonds. The molecule has 0 spiro atoms. The number of amides is 1. The number of nitrogens with one attached hydrogen (secondary N) is 1. The molecule has 0 aromatic carbocycles. The minimum atomic E-state index is -0.979. The normalized spacial score (nSPS) is 15.4. The third-order valence-corrected chi connectivity index (χ3v) is 2.37. The van der Waals surface area contributed by atoms with E-state index in [1.54, 1.807) is 27.8 Å². The van der Waals surface area contributed by atoms with Crippen molar-refractivity contribution in [3.8, 4) is 0 Å². The van der Waals surface area contributed by atoms with Crippen molar-refractivity contribution in [3.63, 3.8) is 0 Å². The summed E-state index contributed by atoms with van der Waals surface area (Å²) in [6, 6.07) is -0.445. The number of nitrogens with zero attached hydrogens (tertiary/aromatic N) is 1. The molecule has 0 aromatic rings. The zero-order valence-corrected chi connectivity index (χ0v) is 12.4. The van der Waals surface area contributed by atoms with Crippen LogP contribution in [0.2, 0.25) is 0 Å². The molecule has 0 bridgehead atoms. The third kappa shape index (κ3) is 5.66. The number of hydrogen-bond donors (Lipinski definition) is 2. The molecule has 108 valence electrons. The zero-order valence-electron chi connectivity index (χ0n) is 12.4. The maximum absolute atomic E-state index is 11.9. The Labute approximate surface area is 109 Å². The number of aliphatic hydroxyl groups excluding tert-OH is 1. The van der Waals surface area contributed by atoms with Gasteiger partial charge in [0.25, 0.3) is 0 Å². The number of likely N-dealkylation sites (N-methyl/N-ethyl adjacent to an activating group) is 1. The van der Waals surface area contributed by atoms with E-state index in [-0.39, 0.29) is 5.92 Å². The van der Waals surface area contributed by atoms with Gasteiger partial charge in [-0.15, -0.1) is 0 Å². The summed E-state index contributed by atoms with van der Waals surface area (Å²) in [6.07, 6.45) is -1.45. The first-order chi connectivity index (χ1) is 8.10. The molecule has 2 N–H and O–H groups in total. The van der Waals surface area contributed by atoms with E-state index in [9.17, 15) is 9.90 Å². The highest BCUT2D eigenvalue weighted by Crippen LogP contribution is 2.16. The van der Waals surface area contributed by atoms with E-state index in [1.165, 1.54) is 12.0 Å². The summed E-state index contributed by atoms with van der Waals surface area (Å²) in [5.41, 5.74) is 1.87. The van der Waals surface area contributed by atoms with Crippen LogP contribution in [0.15, 0.2) is 0 Å². The number of ether oxygens (including phenoxy) is 1. The predicted octanol–water partition coefficient (Wildman–Crippen LogP) is 1.35. The van der Waals surface area contributed by atoms with Crippen molar-refractivity contribution >= 4 is 6.09 Å². The molecule has 0 fully saturated rings. The Morgan fingerprint density at radius 3 is 2.17 bits per heavy atom. The molecule has 6 heteroatoms. The van der Waals surface area contributed by atoms with Gasteiger partial charge in [0, 0.05) is 7.05 Å². The lowest BCUT2D eigenvalue weighted by Gasteiger charge is -2.35. The van der Waals surface area contributed by atoms with Crippen LogP contribution >= 0.6 is 0 Å². The maximum Gasteiger partial charge on any atom is 0.410 e. The number of hydroxylamine groups is 1. The average molecular weight is 262 g/mol. The summed E-state index contributed by atoms with van der Waals surface area (Å²) in [6.45, 7) is 9.21. The first-order valence-electron chi connectivity index (χ1n) is 6.02. The van der Waals surface area contributed by atoms with Gasteiger partial charge in [0.05, 0.1) is 13.2 Å². The summed E-state index contributed by atoms with van der Waals surface area (Å²) in [7, 11) is 3.01. The Morgan fingerprint density at radius 1 is 1.33 bits per heavy atom. The molecule has 6 nitrogen and oxygen atoms in total. The van der Waals surface area contributed by atoms with E-state index < -0.39 is 24.0 Å². The lowest BCUT2D eigenvalue weighted by Crippen LogP contribution is -2.54. The van der Waals surface area contributed by atoms with Crippen molar-refractivity contribution < 1.29 is 19.5 Å². The first kappa shape index (κ1) is 17.2. The first-order valence-corrected chi connectivity index (χ1v) is 6.02. The molecule has 0 aliphatic carbocycles.